The summed E-state index contributed by atoms with van der Waals surface area (Å²) in [4.78, 5) is 0. The molecule has 2 unspecified atom stereocenters. The lowest BCUT2D eigenvalue weighted by Gasteiger charge is -2.01. The Hall–Kier alpha value is 0.360. The molecule has 8 heavy (non-hydrogen) atoms. The second-order valence-electron chi connectivity index (χ2n) is 1.28. The van der Waals surface area contributed by atoms with Crippen molar-refractivity contribution in [3.05, 3.63) is 0 Å². The molecule has 0 aliphatic heterocycles. The van der Waals surface area contributed by atoms with Crippen molar-refractivity contribution in [3.8, 4) is 0 Å². The van der Waals surface area contributed by atoms with Crippen molar-refractivity contribution in [3.63, 3.8) is 0 Å². The van der Waals surface area contributed by atoms with E-state index >= 15 is 0 Å². The maximum Gasteiger partial charge on any atom is 0.302 e. The molecule has 0 saturated carbocycles. The molecule has 0 rings (SSSR count). The van der Waals surface area contributed by atoms with Gasteiger partial charge in [0.1, 0.15) is 0 Å². The van der Waals surface area contributed by atoms with Crippen LogP contribution in [-0.4, -0.2) is 20.7 Å². The van der Waals surface area contributed by atoms with Crippen LogP contribution in [0.5, 0.6) is 0 Å². The molecule has 0 radical (unpaired) electrons. The summed E-state index contributed by atoms with van der Waals surface area (Å²) in [5.41, 5.74) is 0. The highest BCUT2D eigenvalue weighted by Gasteiger charge is 2.01. The maximum atomic E-state index is 9.80. The van der Waals surface area contributed by atoms with Crippen LogP contribution in [0.1, 0.15) is 6.92 Å². The molecule has 0 aliphatic carbocycles. The number of hydrogen-bond donors (Lipinski definition) is 1. The first kappa shape index (κ1) is 8.36. The molecule has 0 aromatic heterocycles. The Morgan fingerprint density at radius 2 is 2.50 bits per heavy atom. The monoisotopic (exact) mass is 158 g/mol. The van der Waals surface area contributed by atoms with Crippen LogP contribution in [0.15, 0.2) is 0 Å². The molecule has 50 valence electrons. The standard InChI is InChI=1S/C3H7ClO3S/c1-3(2-4)7-8(5)6/h3H,2H2,1H3,(H,5,6). The zero-order valence-corrected chi connectivity index (χ0v) is 5.91. The lowest BCUT2D eigenvalue weighted by Crippen LogP contribution is -2.10. The maximum absolute atomic E-state index is 9.80. The van der Waals surface area contributed by atoms with E-state index in [1.807, 2.05) is 0 Å². The van der Waals surface area contributed by atoms with Gasteiger partial charge in [-0.3, -0.25) is 8.74 Å². The minimum absolute atomic E-state index is 0.228. The minimum Gasteiger partial charge on any atom is -0.284 e. The summed E-state index contributed by atoms with van der Waals surface area (Å²) in [5.74, 6) is 0.228. The van der Waals surface area contributed by atoms with Crippen LogP contribution < -0.4 is 0 Å². The summed E-state index contributed by atoms with van der Waals surface area (Å²) in [7, 11) is 0. The van der Waals surface area contributed by atoms with Gasteiger partial charge in [0.05, 0.1) is 6.10 Å². The first-order valence-electron chi connectivity index (χ1n) is 2.00. The largest absolute Gasteiger partial charge is 0.302 e. The van der Waals surface area contributed by atoms with Gasteiger partial charge in [0.25, 0.3) is 0 Å². The van der Waals surface area contributed by atoms with Crippen LogP contribution in [0.3, 0.4) is 0 Å². The number of halogens is 1. The van der Waals surface area contributed by atoms with Gasteiger partial charge in [0.15, 0.2) is 0 Å². The highest BCUT2D eigenvalue weighted by molar-refractivity contribution is 7.74. The molecule has 0 fully saturated rings. The van der Waals surface area contributed by atoms with Gasteiger partial charge in [-0.15, -0.1) is 11.6 Å². The topological polar surface area (TPSA) is 46.5 Å². The number of hydrogen-bond acceptors (Lipinski definition) is 2. The Bertz CT molecular complexity index is 86.6. The highest BCUT2D eigenvalue weighted by atomic mass is 35.5. The zero-order chi connectivity index (χ0) is 6.57. The van der Waals surface area contributed by atoms with Crippen LogP contribution in [-0.2, 0) is 15.5 Å². The SMILES string of the molecule is CC(CCl)OS(=O)O. The van der Waals surface area contributed by atoms with Crippen molar-refractivity contribution in [1.82, 2.24) is 0 Å². The van der Waals surface area contributed by atoms with E-state index in [0.29, 0.717) is 0 Å². The van der Waals surface area contributed by atoms with E-state index in [-0.39, 0.29) is 12.0 Å². The van der Waals surface area contributed by atoms with Crippen molar-refractivity contribution < 1.29 is 12.9 Å². The molecule has 0 bridgehead atoms. The fourth-order valence-electron chi connectivity index (χ4n) is 0.166. The third kappa shape index (κ3) is 4.52. The molecule has 0 aromatic carbocycles. The van der Waals surface area contributed by atoms with Crippen LogP contribution >= 0.6 is 11.6 Å². The quantitative estimate of drug-likeness (QED) is 0.488. The fraction of sp³-hybridized carbons (Fsp3) is 1.00. The van der Waals surface area contributed by atoms with Gasteiger partial charge in [-0.1, -0.05) is 0 Å². The molecule has 3 nitrogen and oxygen atoms in total. The fourth-order valence-corrected chi connectivity index (χ4v) is 0.653. The van der Waals surface area contributed by atoms with Gasteiger partial charge in [-0.2, -0.15) is 4.21 Å². The molecule has 1 N–H and O–H groups in total. The van der Waals surface area contributed by atoms with Crippen LogP contribution in [0, 0.1) is 0 Å². The van der Waals surface area contributed by atoms with Crippen LogP contribution in [0.4, 0.5) is 0 Å². The summed E-state index contributed by atoms with van der Waals surface area (Å²) in [5, 5.41) is 0. The van der Waals surface area contributed by atoms with Crippen molar-refractivity contribution in [2.24, 2.45) is 0 Å². The second kappa shape index (κ2) is 4.26. The van der Waals surface area contributed by atoms with Crippen LogP contribution in [0.2, 0.25) is 0 Å². The Kier molecular flexibility index (Phi) is 4.45. The Morgan fingerprint density at radius 1 is 2.00 bits per heavy atom. The number of rotatable bonds is 3. The third-order valence-corrected chi connectivity index (χ3v) is 1.39. The third-order valence-electron chi connectivity index (χ3n) is 0.464. The minimum atomic E-state index is -2.18. The summed E-state index contributed by atoms with van der Waals surface area (Å²) in [6.45, 7) is 1.61. The molecule has 0 aliphatic rings. The van der Waals surface area contributed by atoms with Crippen LogP contribution in [0.25, 0.3) is 0 Å². The lowest BCUT2D eigenvalue weighted by atomic mass is 10.5. The molecule has 2 atom stereocenters. The summed E-state index contributed by atoms with van der Waals surface area (Å²) < 4.78 is 22.1. The zero-order valence-electron chi connectivity index (χ0n) is 4.33. The van der Waals surface area contributed by atoms with Gasteiger partial charge < -0.3 is 0 Å². The lowest BCUT2D eigenvalue weighted by molar-refractivity contribution is 0.244. The van der Waals surface area contributed by atoms with Gasteiger partial charge in [-0.25, -0.2) is 0 Å². The normalized spacial score (nSPS) is 17.9. The average Bonchev–Trinajstić information content (AvgIpc) is 1.65. The Balaban J connectivity index is 3.24. The van der Waals surface area contributed by atoms with Gasteiger partial charge >= 0.3 is 11.4 Å². The van der Waals surface area contributed by atoms with E-state index in [0.717, 1.165) is 0 Å². The smallest absolute Gasteiger partial charge is 0.284 e. The Morgan fingerprint density at radius 3 is 2.62 bits per heavy atom. The second-order valence-corrected chi connectivity index (χ2v) is 2.21. The predicted octanol–water partition coefficient (Wildman–Crippen LogP) is 0.767. The van der Waals surface area contributed by atoms with E-state index in [4.69, 9.17) is 16.2 Å². The molecule has 0 amide bonds. The Labute approximate surface area is 55.5 Å². The van der Waals surface area contributed by atoms with E-state index in [1.54, 1.807) is 6.92 Å². The van der Waals surface area contributed by atoms with Crippen molar-refractivity contribution >= 4 is 23.0 Å². The molecular formula is C3H7ClO3S. The first-order chi connectivity index (χ1) is 3.66. The van der Waals surface area contributed by atoms with E-state index in [2.05, 4.69) is 4.18 Å². The van der Waals surface area contributed by atoms with E-state index in [1.165, 1.54) is 0 Å². The summed E-state index contributed by atoms with van der Waals surface area (Å²) in [6.07, 6.45) is -0.359. The molecule has 5 heteroatoms. The molecule has 0 spiro atoms. The predicted molar refractivity (Wildman–Crippen MR) is 32.0 cm³/mol. The molecular weight excluding hydrogens is 152 g/mol. The molecule has 0 saturated heterocycles. The van der Waals surface area contributed by atoms with Gasteiger partial charge in [0.2, 0.25) is 0 Å². The van der Waals surface area contributed by atoms with Gasteiger partial charge in [0, 0.05) is 5.88 Å². The summed E-state index contributed by atoms with van der Waals surface area (Å²) >= 11 is 3.05. The first-order valence-corrected chi connectivity index (χ1v) is 3.57. The van der Waals surface area contributed by atoms with E-state index < -0.39 is 11.4 Å². The molecule has 0 aromatic rings. The number of alkyl halides is 1. The van der Waals surface area contributed by atoms with Crippen molar-refractivity contribution in [2.45, 2.75) is 13.0 Å². The van der Waals surface area contributed by atoms with E-state index in [9.17, 15) is 4.21 Å². The summed E-state index contributed by atoms with van der Waals surface area (Å²) in [6, 6.07) is 0. The average molecular weight is 159 g/mol. The van der Waals surface area contributed by atoms with Crippen molar-refractivity contribution in [2.75, 3.05) is 5.88 Å². The molecule has 0 heterocycles. The van der Waals surface area contributed by atoms with Crippen molar-refractivity contribution in [1.29, 1.82) is 0 Å². The van der Waals surface area contributed by atoms with Gasteiger partial charge in [-0.05, 0) is 6.92 Å². The highest BCUT2D eigenvalue weighted by Crippen LogP contribution is 1.94.